The molecule has 2 amide bonds. The van der Waals surface area contributed by atoms with Crippen LogP contribution in [0.3, 0.4) is 0 Å². The Hall–Kier alpha value is -2.54. The van der Waals surface area contributed by atoms with Gasteiger partial charge in [-0.2, -0.15) is 0 Å². The van der Waals surface area contributed by atoms with E-state index in [2.05, 4.69) is 42.0 Å². The third-order valence-electron chi connectivity index (χ3n) is 6.97. The molecule has 1 aliphatic carbocycles. The van der Waals surface area contributed by atoms with Crippen LogP contribution in [-0.4, -0.2) is 42.5 Å². The van der Waals surface area contributed by atoms with Gasteiger partial charge in [-0.25, -0.2) is 0 Å². The van der Waals surface area contributed by atoms with Gasteiger partial charge in [0.1, 0.15) is 17.5 Å². The highest BCUT2D eigenvalue weighted by Gasteiger charge is 2.31. The standard InChI is InChI=1S/C30H41BrN2O4/c1-6-26(29(35)32-23-12-8-7-9-13-23)33(19-21-11-10-14-24(17-21)36-5)28(34)20-37-27-16-15-22(18-25(27)31)30(2,3)4/h10-11,14-18,23,26H,6-9,12-13,19-20H2,1-5H3,(H,32,35). The van der Waals surface area contributed by atoms with Crippen molar-refractivity contribution < 1.29 is 19.1 Å². The van der Waals surface area contributed by atoms with Crippen LogP contribution >= 0.6 is 15.9 Å². The lowest BCUT2D eigenvalue weighted by Crippen LogP contribution is -2.52. The zero-order valence-corrected chi connectivity index (χ0v) is 24.4. The fraction of sp³-hybridized carbons (Fsp3) is 0.533. The number of benzene rings is 2. The summed E-state index contributed by atoms with van der Waals surface area (Å²) < 4.78 is 12.1. The highest BCUT2D eigenvalue weighted by Crippen LogP contribution is 2.31. The Labute approximate surface area is 230 Å². The van der Waals surface area contributed by atoms with Gasteiger partial charge in [-0.15, -0.1) is 0 Å². The minimum Gasteiger partial charge on any atom is -0.497 e. The predicted octanol–water partition coefficient (Wildman–Crippen LogP) is 6.39. The van der Waals surface area contributed by atoms with E-state index in [0.29, 0.717) is 24.5 Å². The molecule has 6 nitrogen and oxygen atoms in total. The van der Waals surface area contributed by atoms with Crippen molar-refractivity contribution in [3.05, 3.63) is 58.1 Å². The van der Waals surface area contributed by atoms with E-state index in [-0.39, 0.29) is 29.9 Å². The summed E-state index contributed by atoms with van der Waals surface area (Å²) in [5.74, 6) is 0.979. The molecular weight excluding hydrogens is 532 g/mol. The molecule has 0 aromatic heterocycles. The van der Waals surface area contributed by atoms with E-state index in [4.69, 9.17) is 9.47 Å². The van der Waals surface area contributed by atoms with E-state index in [9.17, 15) is 9.59 Å². The second kappa shape index (κ2) is 13.3. The summed E-state index contributed by atoms with van der Waals surface area (Å²) in [5, 5.41) is 3.21. The molecule has 202 valence electrons. The Balaban J connectivity index is 1.79. The summed E-state index contributed by atoms with van der Waals surface area (Å²) in [7, 11) is 1.62. The molecule has 0 radical (unpaired) electrons. The maximum Gasteiger partial charge on any atom is 0.261 e. The fourth-order valence-corrected chi connectivity index (χ4v) is 5.23. The third kappa shape index (κ3) is 8.22. The van der Waals surface area contributed by atoms with Crippen molar-refractivity contribution in [3.63, 3.8) is 0 Å². The molecule has 37 heavy (non-hydrogen) atoms. The Morgan fingerprint density at radius 2 is 1.84 bits per heavy atom. The molecule has 1 aliphatic rings. The van der Waals surface area contributed by atoms with Gasteiger partial charge >= 0.3 is 0 Å². The highest BCUT2D eigenvalue weighted by atomic mass is 79.9. The first kappa shape index (κ1) is 29.0. The molecule has 2 aromatic carbocycles. The van der Waals surface area contributed by atoms with Gasteiger partial charge in [-0.05, 0) is 76.0 Å². The van der Waals surface area contributed by atoms with Crippen LogP contribution in [0.2, 0.25) is 0 Å². The van der Waals surface area contributed by atoms with Crippen LogP contribution in [0.1, 0.15) is 77.3 Å². The number of nitrogens with one attached hydrogen (secondary N) is 1. The third-order valence-corrected chi connectivity index (χ3v) is 7.59. The topological polar surface area (TPSA) is 67.9 Å². The van der Waals surface area contributed by atoms with Crippen molar-refractivity contribution in [3.8, 4) is 11.5 Å². The zero-order chi connectivity index (χ0) is 27.0. The van der Waals surface area contributed by atoms with Crippen molar-refractivity contribution in [2.75, 3.05) is 13.7 Å². The lowest BCUT2D eigenvalue weighted by Gasteiger charge is -2.32. The van der Waals surface area contributed by atoms with Gasteiger partial charge < -0.3 is 19.7 Å². The van der Waals surface area contributed by atoms with Crippen molar-refractivity contribution >= 4 is 27.7 Å². The molecule has 0 bridgehead atoms. The van der Waals surface area contributed by atoms with E-state index in [0.717, 1.165) is 35.7 Å². The van der Waals surface area contributed by atoms with Crippen LogP contribution < -0.4 is 14.8 Å². The van der Waals surface area contributed by atoms with Gasteiger partial charge in [-0.3, -0.25) is 9.59 Å². The smallest absolute Gasteiger partial charge is 0.261 e. The Kier molecular flexibility index (Phi) is 10.4. The molecule has 1 unspecified atom stereocenters. The highest BCUT2D eigenvalue weighted by molar-refractivity contribution is 9.10. The summed E-state index contributed by atoms with van der Waals surface area (Å²) in [6.07, 6.45) is 5.98. The van der Waals surface area contributed by atoms with Gasteiger partial charge in [0, 0.05) is 12.6 Å². The maximum absolute atomic E-state index is 13.6. The monoisotopic (exact) mass is 572 g/mol. The number of ether oxygens (including phenoxy) is 2. The molecule has 2 aromatic rings. The van der Waals surface area contributed by atoms with Crippen LogP contribution in [0.4, 0.5) is 0 Å². The SMILES string of the molecule is CCC(C(=O)NC1CCCCC1)N(Cc1cccc(OC)c1)C(=O)COc1ccc(C(C)(C)C)cc1Br. The Morgan fingerprint density at radius 1 is 1.11 bits per heavy atom. The molecule has 1 atom stereocenters. The predicted molar refractivity (Wildman–Crippen MR) is 151 cm³/mol. The molecule has 1 fully saturated rings. The molecule has 0 heterocycles. The summed E-state index contributed by atoms with van der Waals surface area (Å²) in [5.41, 5.74) is 2.07. The Bertz CT molecular complexity index is 1060. The number of amides is 2. The van der Waals surface area contributed by atoms with Crippen LogP contribution in [0.5, 0.6) is 11.5 Å². The molecule has 7 heteroatoms. The first-order valence-corrected chi connectivity index (χ1v) is 14.1. The van der Waals surface area contributed by atoms with Gasteiger partial charge in [0.15, 0.2) is 6.61 Å². The lowest BCUT2D eigenvalue weighted by molar-refractivity contribution is -0.143. The number of halogens is 1. The Morgan fingerprint density at radius 3 is 2.46 bits per heavy atom. The van der Waals surface area contributed by atoms with Crippen molar-refractivity contribution in [2.45, 2.75) is 90.3 Å². The second-order valence-corrected chi connectivity index (χ2v) is 11.7. The van der Waals surface area contributed by atoms with E-state index in [1.807, 2.05) is 49.4 Å². The van der Waals surface area contributed by atoms with Crippen molar-refractivity contribution in [2.24, 2.45) is 0 Å². The number of hydrogen-bond acceptors (Lipinski definition) is 4. The van der Waals surface area contributed by atoms with Crippen LogP contribution in [0.25, 0.3) is 0 Å². The van der Waals surface area contributed by atoms with Crippen molar-refractivity contribution in [1.82, 2.24) is 10.2 Å². The van der Waals surface area contributed by atoms with Gasteiger partial charge in [0.2, 0.25) is 5.91 Å². The number of methoxy groups -OCH3 is 1. The number of nitrogens with zero attached hydrogens (tertiary/aromatic N) is 1. The first-order chi connectivity index (χ1) is 17.6. The maximum atomic E-state index is 13.6. The molecule has 0 saturated heterocycles. The fourth-order valence-electron chi connectivity index (χ4n) is 4.74. The summed E-state index contributed by atoms with van der Waals surface area (Å²) in [4.78, 5) is 28.6. The van der Waals surface area contributed by atoms with Crippen LogP contribution in [-0.2, 0) is 21.5 Å². The average Bonchev–Trinajstić information content (AvgIpc) is 2.87. The van der Waals surface area contributed by atoms with E-state index in [1.54, 1.807) is 12.0 Å². The zero-order valence-electron chi connectivity index (χ0n) is 22.8. The molecule has 1 saturated carbocycles. The number of rotatable bonds is 10. The van der Waals surface area contributed by atoms with E-state index < -0.39 is 6.04 Å². The molecule has 3 rings (SSSR count). The lowest BCUT2D eigenvalue weighted by atomic mass is 9.87. The van der Waals surface area contributed by atoms with Gasteiger partial charge in [0.05, 0.1) is 11.6 Å². The second-order valence-electron chi connectivity index (χ2n) is 10.8. The number of hydrogen-bond donors (Lipinski definition) is 1. The summed E-state index contributed by atoms with van der Waals surface area (Å²) >= 11 is 3.59. The molecule has 0 aliphatic heterocycles. The average molecular weight is 574 g/mol. The van der Waals surface area contributed by atoms with E-state index >= 15 is 0 Å². The van der Waals surface area contributed by atoms with Crippen LogP contribution in [0.15, 0.2) is 46.9 Å². The van der Waals surface area contributed by atoms with Gasteiger partial charge in [-0.1, -0.05) is 65.2 Å². The molecule has 0 spiro atoms. The summed E-state index contributed by atoms with van der Waals surface area (Å²) in [6.45, 7) is 8.53. The number of carbonyl (C=O) groups is 2. The quantitative estimate of drug-likeness (QED) is 0.358. The number of carbonyl (C=O) groups excluding carboxylic acids is 2. The first-order valence-electron chi connectivity index (χ1n) is 13.3. The van der Waals surface area contributed by atoms with Gasteiger partial charge in [0.25, 0.3) is 5.91 Å². The minimum atomic E-state index is -0.587. The van der Waals surface area contributed by atoms with E-state index in [1.165, 1.54) is 12.0 Å². The normalized spacial score (nSPS) is 15.1. The largest absolute Gasteiger partial charge is 0.497 e. The summed E-state index contributed by atoms with van der Waals surface area (Å²) in [6, 6.07) is 13.1. The van der Waals surface area contributed by atoms with Crippen LogP contribution in [0, 0.1) is 0 Å². The minimum absolute atomic E-state index is 0.00442. The molecular formula is C30H41BrN2O4. The molecule has 1 N–H and O–H groups in total. The van der Waals surface area contributed by atoms with Crippen molar-refractivity contribution in [1.29, 1.82) is 0 Å².